The number of carbonyl (C=O) groups is 1. The molecule has 1 saturated heterocycles. The van der Waals surface area contributed by atoms with Crippen molar-refractivity contribution in [3.8, 4) is 0 Å². The summed E-state index contributed by atoms with van der Waals surface area (Å²) >= 11 is 4.23. The van der Waals surface area contributed by atoms with Gasteiger partial charge in [0, 0.05) is 29.0 Å². The van der Waals surface area contributed by atoms with Crippen LogP contribution in [0.5, 0.6) is 0 Å². The van der Waals surface area contributed by atoms with E-state index in [0.717, 1.165) is 24.5 Å². The van der Waals surface area contributed by atoms with E-state index in [4.69, 9.17) is 4.74 Å². The van der Waals surface area contributed by atoms with Crippen molar-refractivity contribution in [2.75, 3.05) is 13.2 Å². The third-order valence-electron chi connectivity index (χ3n) is 3.14. The van der Waals surface area contributed by atoms with Gasteiger partial charge >= 0.3 is 0 Å². The Bertz CT molecular complexity index is 402. The predicted octanol–water partition coefficient (Wildman–Crippen LogP) is 2.13. The molecule has 1 aliphatic rings. The Hall–Kier alpha value is -1.00. The summed E-state index contributed by atoms with van der Waals surface area (Å²) in [5, 5.41) is 3.01. The second-order valence-corrected chi connectivity index (χ2v) is 4.95. The normalized spacial score (nSPS) is 21.2. The fraction of sp³-hybridized carbons (Fsp3) is 0.462. The van der Waals surface area contributed by atoms with Gasteiger partial charge in [-0.05, 0) is 31.5 Å². The van der Waals surface area contributed by atoms with Crippen LogP contribution in [0.15, 0.2) is 29.2 Å². The molecular formula is C13H17NO2S. The van der Waals surface area contributed by atoms with E-state index in [2.05, 4.69) is 17.9 Å². The van der Waals surface area contributed by atoms with Crippen LogP contribution < -0.4 is 5.32 Å². The highest BCUT2D eigenvalue weighted by molar-refractivity contribution is 7.80. The highest BCUT2D eigenvalue weighted by Crippen LogP contribution is 2.17. The number of benzene rings is 1. The molecule has 1 aromatic rings. The molecule has 1 aromatic carbocycles. The standard InChI is InChI=1S/C13H17NO2S/c1-9(11-5-6-16-8-11)14-13(15)10-3-2-4-12(17)7-10/h2-4,7,9,11,17H,5-6,8H2,1H3,(H,14,15). The Balaban J connectivity index is 1.96. The monoisotopic (exact) mass is 251 g/mol. The van der Waals surface area contributed by atoms with E-state index in [1.54, 1.807) is 12.1 Å². The highest BCUT2D eigenvalue weighted by atomic mass is 32.1. The largest absolute Gasteiger partial charge is 0.381 e. The van der Waals surface area contributed by atoms with Gasteiger partial charge in [-0.2, -0.15) is 0 Å². The minimum absolute atomic E-state index is 0.0414. The van der Waals surface area contributed by atoms with Crippen LogP contribution >= 0.6 is 12.6 Å². The summed E-state index contributed by atoms with van der Waals surface area (Å²) in [4.78, 5) is 12.8. The SMILES string of the molecule is CC(NC(=O)c1cccc(S)c1)C1CCOC1. The lowest BCUT2D eigenvalue weighted by Crippen LogP contribution is -2.38. The second kappa shape index (κ2) is 5.56. The van der Waals surface area contributed by atoms with Gasteiger partial charge in [-0.25, -0.2) is 0 Å². The Morgan fingerprint density at radius 3 is 3.06 bits per heavy atom. The summed E-state index contributed by atoms with van der Waals surface area (Å²) in [6.07, 6.45) is 1.02. The molecule has 92 valence electrons. The summed E-state index contributed by atoms with van der Waals surface area (Å²) in [6.45, 7) is 3.58. The van der Waals surface area contributed by atoms with Crippen molar-refractivity contribution in [3.63, 3.8) is 0 Å². The quantitative estimate of drug-likeness (QED) is 0.808. The molecule has 0 bridgehead atoms. The van der Waals surface area contributed by atoms with Crippen molar-refractivity contribution in [1.29, 1.82) is 0 Å². The molecule has 0 saturated carbocycles. The first-order valence-electron chi connectivity index (χ1n) is 5.84. The molecule has 1 N–H and O–H groups in total. The molecule has 1 aliphatic heterocycles. The molecule has 1 heterocycles. The van der Waals surface area contributed by atoms with E-state index in [1.165, 1.54) is 0 Å². The molecule has 0 aromatic heterocycles. The molecular weight excluding hydrogens is 234 g/mol. The van der Waals surface area contributed by atoms with Crippen LogP contribution in [0.1, 0.15) is 23.7 Å². The lowest BCUT2D eigenvalue weighted by atomic mass is 10.0. The zero-order valence-corrected chi connectivity index (χ0v) is 10.7. The maximum absolute atomic E-state index is 12.0. The highest BCUT2D eigenvalue weighted by Gasteiger charge is 2.23. The topological polar surface area (TPSA) is 38.3 Å². The molecule has 0 aliphatic carbocycles. The Morgan fingerprint density at radius 2 is 2.41 bits per heavy atom. The number of hydrogen-bond donors (Lipinski definition) is 2. The van der Waals surface area contributed by atoms with Gasteiger partial charge in [0.2, 0.25) is 0 Å². The van der Waals surface area contributed by atoms with E-state index in [1.807, 2.05) is 19.1 Å². The summed E-state index contributed by atoms with van der Waals surface area (Å²) in [5.41, 5.74) is 0.656. The fourth-order valence-electron chi connectivity index (χ4n) is 2.00. The van der Waals surface area contributed by atoms with Crippen LogP contribution in [-0.4, -0.2) is 25.2 Å². The molecule has 2 rings (SSSR count). The van der Waals surface area contributed by atoms with E-state index < -0.39 is 0 Å². The third kappa shape index (κ3) is 3.23. The average molecular weight is 251 g/mol. The van der Waals surface area contributed by atoms with Gasteiger partial charge in [-0.1, -0.05) is 6.07 Å². The number of nitrogens with one attached hydrogen (secondary N) is 1. The van der Waals surface area contributed by atoms with E-state index in [9.17, 15) is 4.79 Å². The summed E-state index contributed by atoms with van der Waals surface area (Å²) in [5.74, 6) is 0.387. The maximum atomic E-state index is 12.0. The molecule has 1 fully saturated rings. The van der Waals surface area contributed by atoms with Crippen LogP contribution in [0.2, 0.25) is 0 Å². The molecule has 2 unspecified atom stereocenters. The van der Waals surface area contributed by atoms with Gasteiger partial charge in [-0.3, -0.25) is 4.79 Å². The number of rotatable bonds is 3. The molecule has 3 nitrogen and oxygen atoms in total. The van der Waals surface area contributed by atoms with Crippen molar-refractivity contribution in [3.05, 3.63) is 29.8 Å². The van der Waals surface area contributed by atoms with E-state index in [-0.39, 0.29) is 11.9 Å². The van der Waals surface area contributed by atoms with Crippen LogP contribution in [-0.2, 0) is 4.74 Å². The van der Waals surface area contributed by atoms with E-state index >= 15 is 0 Å². The number of amides is 1. The number of ether oxygens (including phenoxy) is 1. The van der Waals surface area contributed by atoms with E-state index in [0.29, 0.717) is 11.5 Å². The second-order valence-electron chi connectivity index (χ2n) is 4.44. The van der Waals surface area contributed by atoms with Crippen LogP contribution in [0.25, 0.3) is 0 Å². The van der Waals surface area contributed by atoms with Gasteiger partial charge in [0.05, 0.1) is 6.61 Å². The Kier molecular flexibility index (Phi) is 4.07. The first-order chi connectivity index (χ1) is 8.16. The van der Waals surface area contributed by atoms with Crippen molar-refractivity contribution in [2.45, 2.75) is 24.3 Å². The smallest absolute Gasteiger partial charge is 0.251 e. The van der Waals surface area contributed by atoms with Crippen LogP contribution in [0.3, 0.4) is 0 Å². The third-order valence-corrected chi connectivity index (χ3v) is 3.42. The van der Waals surface area contributed by atoms with Gasteiger partial charge in [0.1, 0.15) is 0 Å². The molecule has 17 heavy (non-hydrogen) atoms. The number of thiol groups is 1. The number of hydrogen-bond acceptors (Lipinski definition) is 3. The summed E-state index contributed by atoms with van der Waals surface area (Å²) in [7, 11) is 0. The predicted molar refractivity (Wildman–Crippen MR) is 69.5 cm³/mol. The van der Waals surface area contributed by atoms with Gasteiger partial charge < -0.3 is 10.1 Å². The first-order valence-corrected chi connectivity index (χ1v) is 6.29. The number of carbonyl (C=O) groups excluding carboxylic acids is 1. The van der Waals surface area contributed by atoms with Crippen molar-refractivity contribution in [2.24, 2.45) is 5.92 Å². The Labute approximate surface area is 107 Å². The molecule has 2 atom stereocenters. The lowest BCUT2D eigenvalue weighted by molar-refractivity contribution is 0.0922. The molecule has 1 amide bonds. The molecule has 4 heteroatoms. The fourth-order valence-corrected chi connectivity index (χ4v) is 2.23. The Morgan fingerprint density at radius 1 is 1.59 bits per heavy atom. The van der Waals surface area contributed by atoms with Gasteiger partial charge in [0.15, 0.2) is 0 Å². The van der Waals surface area contributed by atoms with Crippen LogP contribution in [0, 0.1) is 5.92 Å². The molecule has 0 spiro atoms. The molecule has 0 radical (unpaired) electrons. The zero-order valence-electron chi connectivity index (χ0n) is 9.85. The summed E-state index contributed by atoms with van der Waals surface area (Å²) in [6, 6.07) is 7.41. The zero-order chi connectivity index (χ0) is 12.3. The summed E-state index contributed by atoms with van der Waals surface area (Å²) < 4.78 is 5.32. The van der Waals surface area contributed by atoms with Crippen molar-refractivity contribution < 1.29 is 9.53 Å². The van der Waals surface area contributed by atoms with Crippen molar-refractivity contribution in [1.82, 2.24) is 5.32 Å². The van der Waals surface area contributed by atoms with Crippen molar-refractivity contribution >= 4 is 18.5 Å². The average Bonchev–Trinajstić information content (AvgIpc) is 2.82. The van der Waals surface area contributed by atoms with Crippen LogP contribution in [0.4, 0.5) is 0 Å². The first kappa shape index (κ1) is 12.5. The minimum Gasteiger partial charge on any atom is -0.381 e. The van der Waals surface area contributed by atoms with Gasteiger partial charge in [-0.15, -0.1) is 12.6 Å². The maximum Gasteiger partial charge on any atom is 0.251 e. The van der Waals surface area contributed by atoms with Gasteiger partial charge in [0.25, 0.3) is 5.91 Å². The minimum atomic E-state index is -0.0414. The lowest BCUT2D eigenvalue weighted by Gasteiger charge is -2.19.